The second-order valence-corrected chi connectivity index (χ2v) is 15.9. The third-order valence-electron chi connectivity index (χ3n) is 10.0. The van der Waals surface area contributed by atoms with Crippen molar-refractivity contribution >= 4 is 17.9 Å². The van der Waals surface area contributed by atoms with Crippen LogP contribution in [0.25, 0.3) is 0 Å². The molecule has 3 N–H and O–H groups in total. The smallest absolute Gasteiger partial charge is 0.330 e. The molecule has 0 unspecified atom stereocenters. The van der Waals surface area contributed by atoms with E-state index in [1.807, 2.05) is 0 Å². The highest BCUT2D eigenvalue weighted by Crippen LogP contribution is 2.47. The standard InChI is InChI=1S/C39H64O13/c1-8-9-10-11-12-13-32(42)51-36-26(21-33(43)46-7)20-29-23-30(25-40)49-34(44)22-27(41)15-18-47-31(37(2,3)4)24-28-16-19-48-35(50-28)14-17-38(5,6)39(36,45)52-29/h14,17,21,27-31,35-36,40-41,45H,8-13,15-16,18-20,22-25H2,1-7H3/b17-14+,26-21+/t27-,28+,29+,30-,31+,35+,36+,39-/m1/s1. The first kappa shape index (κ1) is 44.0. The van der Waals surface area contributed by atoms with E-state index in [0.717, 1.165) is 25.7 Å². The van der Waals surface area contributed by atoms with Crippen LogP contribution in [-0.4, -0.2) is 109 Å². The molecule has 0 aromatic carbocycles. The average molecular weight is 741 g/mol. The lowest BCUT2D eigenvalue weighted by Crippen LogP contribution is -2.62. The van der Waals surface area contributed by atoms with Crippen molar-refractivity contribution in [3.63, 3.8) is 0 Å². The van der Waals surface area contributed by atoms with Crippen LogP contribution in [0.2, 0.25) is 0 Å². The fourth-order valence-corrected chi connectivity index (χ4v) is 6.73. The molecule has 298 valence electrons. The van der Waals surface area contributed by atoms with Gasteiger partial charge in [0, 0.05) is 37.4 Å². The van der Waals surface area contributed by atoms with E-state index in [2.05, 4.69) is 27.7 Å². The number of esters is 3. The highest BCUT2D eigenvalue weighted by atomic mass is 16.7. The second kappa shape index (κ2) is 20.3. The Morgan fingerprint density at radius 1 is 1.02 bits per heavy atom. The fourth-order valence-electron chi connectivity index (χ4n) is 6.73. The van der Waals surface area contributed by atoms with Crippen LogP contribution in [0.15, 0.2) is 23.8 Å². The number of ether oxygens (including phenoxy) is 7. The van der Waals surface area contributed by atoms with E-state index in [1.54, 1.807) is 26.0 Å². The third kappa shape index (κ3) is 13.2. The van der Waals surface area contributed by atoms with Gasteiger partial charge < -0.3 is 48.5 Å². The molecule has 13 heteroatoms. The summed E-state index contributed by atoms with van der Waals surface area (Å²) in [5, 5.41) is 33.5. The molecule has 0 aliphatic carbocycles. The molecule has 0 radical (unpaired) electrons. The summed E-state index contributed by atoms with van der Waals surface area (Å²) in [6.45, 7) is 11.8. The van der Waals surface area contributed by atoms with Crippen LogP contribution >= 0.6 is 0 Å². The van der Waals surface area contributed by atoms with Gasteiger partial charge in [0.1, 0.15) is 6.10 Å². The summed E-state index contributed by atoms with van der Waals surface area (Å²) < 4.78 is 41.4. The monoisotopic (exact) mass is 740 g/mol. The van der Waals surface area contributed by atoms with Gasteiger partial charge in [-0.2, -0.15) is 0 Å². The van der Waals surface area contributed by atoms with E-state index in [4.69, 9.17) is 33.2 Å². The summed E-state index contributed by atoms with van der Waals surface area (Å²) in [6, 6.07) is 0. The molecular weight excluding hydrogens is 676 g/mol. The molecule has 13 nitrogen and oxygen atoms in total. The van der Waals surface area contributed by atoms with Gasteiger partial charge in [-0.1, -0.05) is 73.3 Å². The summed E-state index contributed by atoms with van der Waals surface area (Å²) >= 11 is 0. The first-order valence-corrected chi connectivity index (χ1v) is 19.0. The maximum Gasteiger partial charge on any atom is 0.330 e. The lowest BCUT2D eigenvalue weighted by molar-refractivity contribution is -0.327. The molecule has 0 aromatic heterocycles. The first-order valence-electron chi connectivity index (χ1n) is 19.0. The lowest BCUT2D eigenvalue weighted by atomic mass is 9.74. The SMILES string of the molecule is CCCCCCCC(=O)O[C@H]1/C(=C/C(=O)OC)C[C@H]2C[C@H](CO)OC(=O)C[C@H](O)CCO[C@H](C(C)(C)C)C[C@@H]3CCO[C@H](/C=C/C(C)(C)[C@]1(O)O2)O3. The Balaban J connectivity index is 2.03. The molecule has 3 heterocycles. The number of unbranched alkanes of at least 4 members (excludes halogenated alkanes) is 4. The van der Waals surface area contributed by atoms with Gasteiger partial charge in [-0.3, -0.25) is 9.59 Å². The van der Waals surface area contributed by atoms with E-state index in [0.29, 0.717) is 25.9 Å². The molecule has 3 rings (SSSR count). The second-order valence-electron chi connectivity index (χ2n) is 15.9. The molecule has 0 spiro atoms. The Bertz CT molecular complexity index is 1210. The van der Waals surface area contributed by atoms with Crippen molar-refractivity contribution in [1.29, 1.82) is 0 Å². The Kier molecular flexibility index (Phi) is 17.2. The number of aliphatic hydroxyl groups excluding tert-OH is 2. The number of aliphatic hydroxyl groups is 3. The van der Waals surface area contributed by atoms with Crippen molar-refractivity contribution < 1.29 is 62.9 Å². The average Bonchev–Trinajstić information content (AvgIpc) is 3.07. The van der Waals surface area contributed by atoms with Gasteiger partial charge >= 0.3 is 17.9 Å². The van der Waals surface area contributed by atoms with Crippen LogP contribution in [0.3, 0.4) is 0 Å². The van der Waals surface area contributed by atoms with Crippen molar-refractivity contribution in [2.45, 2.75) is 167 Å². The van der Waals surface area contributed by atoms with Crippen molar-refractivity contribution in [3.8, 4) is 0 Å². The summed E-state index contributed by atoms with van der Waals surface area (Å²) in [4.78, 5) is 38.9. The number of cyclic esters (lactones) is 1. The molecule has 3 aliphatic heterocycles. The minimum Gasteiger partial charge on any atom is -0.466 e. The van der Waals surface area contributed by atoms with Crippen molar-refractivity contribution in [3.05, 3.63) is 23.8 Å². The summed E-state index contributed by atoms with van der Waals surface area (Å²) in [7, 11) is 1.22. The van der Waals surface area contributed by atoms with E-state index in [1.165, 1.54) is 13.2 Å². The van der Waals surface area contributed by atoms with Gasteiger partial charge in [0.2, 0.25) is 5.79 Å². The van der Waals surface area contributed by atoms with Crippen LogP contribution < -0.4 is 0 Å². The van der Waals surface area contributed by atoms with Crippen LogP contribution in [0.4, 0.5) is 0 Å². The molecule has 0 amide bonds. The summed E-state index contributed by atoms with van der Waals surface area (Å²) in [5.41, 5.74) is -1.31. The molecule has 8 atom stereocenters. The topological polar surface area (TPSA) is 177 Å². The van der Waals surface area contributed by atoms with Crippen LogP contribution in [0, 0.1) is 10.8 Å². The van der Waals surface area contributed by atoms with Gasteiger partial charge in [0.15, 0.2) is 12.4 Å². The summed E-state index contributed by atoms with van der Waals surface area (Å²) in [6.07, 6.45) is 4.56. The van der Waals surface area contributed by atoms with Crippen LogP contribution in [0.1, 0.15) is 119 Å². The van der Waals surface area contributed by atoms with Crippen molar-refractivity contribution in [2.75, 3.05) is 26.9 Å². The Labute approximate surface area is 309 Å². The zero-order chi connectivity index (χ0) is 38.5. The maximum absolute atomic E-state index is 13.3. The Morgan fingerprint density at radius 2 is 1.73 bits per heavy atom. The highest BCUT2D eigenvalue weighted by Gasteiger charge is 2.57. The van der Waals surface area contributed by atoms with Crippen molar-refractivity contribution in [2.24, 2.45) is 10.8 Å². The molecule has 0 aromatic rings. The van der Waals surface area contributed by atoms with Crippen LogP contribution in [0.5, 0.6) is 0 Å². The molecule has 2 saturated heterocycles. The van der Waals surface area contributed by atoms with E-state index >= 15 is 0 Å². The number of fused-ring (bicyclic) bond motifs is 4. The zero-order valence-corrected chi connectivity index (χ0v) is 32.3. The predicted molar refractivity (Wildman–Crippen MR) is 191 cm³/mol. The number of carbonyl (C=O) groups excluding carboxylic acids is 3. The van der Waals surface area contributed by atoms with E-state index in [-0.39, 0.29) is 61.9 Å². The minimum absolute atomic E-state index is 0.00879. The van der Waals surface area contributed by atoms with E-state index in [9.17, 15) is 29.7 Å². The number of carbonyl (C=O) groups is 3. The number of hydrogen-bond acceptors (Lipinski definition) is 13. The van der Waals surface area contributed by atoms with Gasteiger partial charge in [-0.15, -0.1) is 0 Å². The molecule has 4 bridgehead atoms. The van der Waals surface area contributed by atoms with Gasteiger partial charge in [-0.25, -0.2) is 4.79 Å². The van der Waals surface area contributed by atoms with Crippen LogP contribution in [-0.2, 0) is 47.5 Å². The first-order chi connectivity index (χ1) is 24.5. The van der Waals surface area contributed by atoms with Gasteiger partial charge in [0.05, 0.1) is 51.2 Å². The van der Waals surface area contributed by atoms with Gasteiger partial charge in [0.25, 0.3) is 0 Å². The fraction of sp³-hybridized carbons (Fsp3) is 0.821. The maximum atomic E-state index is 13.3. The molecule has 52 heavy (non-hydrogen) atoms. The predicted octanol–water partition coefficient (Wildman–Crippen LogP) is 4.82. The van der Waals surface area contributed by atoms with Crippen molar-refractivity contribution in [1.82, 2.24) is 0 Å². The zero-order valence-electron chi connectivity index (χ0n) is 32.3. The number of hydrogen-bond donors (Lipinski definition) is 3. The Morgan fingerprint density at radius 3 is 2.40 bits per heavy atom. The summed E-state index contributed by atoms with van der Waals surface area (Å²) in [5.74, 6) is -4.26. The lowest BCUT2D eigenvalue weighted by Gasteiger charge is -2.51. The molecular formula is C39H64O13. The molecule has 0 saturated carbocycles. The normalized spacial score (nSPS) is 33.8. The number of rotatable bonds is 9. The third-order valence-corrected chi connectivity index (χ3v) is 10.0. The molecule has 2 fully saturated rings. The highest BCUT2D eigenvalue weighted by molar-refractivity contribution is 5.83. The molecule has 3 aliphatic rings. The minimum atomic E-state index is -2.26. The number of methoxy groups -OCH3 is 1. The largest absolute Gasteiger partial charge is 0.466 e. The Hall–Kier alpha value is -2.39. The van der Waals surface area contributed by atoms with Gasteiger partial charge in [-0.05, 0) is 42.7 Å². The van der Waals surface area contributed by atoms with E-state index < -0.39 is 66.4 Å². The quantitative estimate of drug-likeness (QED) is 0.0966.